The fourth-order valence-corrected chi connectivity index (χ4v) is 3.01. The maximum absolute atomic E-state index is 11.5. The van der Waals surface area contributed by atoms with Crippen molar-refractivity contribution in [2.45, 2.75) is 39.0 Å². The molecule has 1 unspecified atom stereocenters. The third kappa shape index (κ3) is 2.34. The van der Waals surface area contributed by atoms with Gasteiger partial charge >= 0.3 is 5.97 Å². The summed E-state index contributed by atoms with van der Waals surface area (Å²) in [5.41, 5.74) is 1.95. The molecule has 0 aromatic heterocycles. The molecule has 0 radical (unpaired) electrons. The molecular weight excluding hydrogens is 240 g/mol. The van der Waals surface area contributed by atoms with Gasteiger partial charge in [-0.3, -0.25) is 4.79 Å². The van der Waals surface area contributed by atoms with Gasteiger partial charge in [0, 0.05) is 6.42 Å². The normalized spacial score (nSPS) is 20.5. The quantitative estimate of drug-likeness (QED) is 0.885. The Labute approximate surface area is 113 Å². The van der Waals surface area contributed by atoms with Gasteiger partial charge in [-0.15, -0.1) is 0 Å². The molecule has 1 saturated carbocycles. The van der Waals surface area contributed by atoms with Crippen molar-refractivity contribution in [2.75, 3.05) is 6.61 Å². The molecule has 1 heterocycles. The topological polar surface area (TPSA) is 46.5 Å². The minimum Gasteiger partial charge on any atom is -0.493 e. The molecule has 1 aliphatic carbocycles. The van der Waals surface area contributed by atoms with Crippen LogP contribution in [0.25, 0.3) is 0 Å². The van der Waals surface area contributed by atoms with Crippen LogP contribution in [-0.4, -0.2) is 17.7 Å². The minimum absolute atomic E-state index is 0.378. The van der Waals surface area contributed by atoms with Crippen LogP contribution in [-0.2, 0) is 17.6 Å². The molecule has 2 aliphatic rings. The number of hydrogen-bond acceptors (Lipinski definition) is 2. The summed E-state index contributed by atoms with van der Waals surface area (Å²) in [4.78, 5) is 11.5. The monoisotopic (exact) mass is 260 g/mol. The van der Waals surface area contributed by atoms with Crippen LogP contribution in [0.15, 0.2) is 18.2 Å². The molecule has 0 saturated heterocycles. The second kappa shape index (κ2) is 4.55. The van der Waals surface area contributed by atoms with Gasteiger partial charge in [-0.2, -0.15) is 0 Å². The standard InChI is InChI=1S/C16H20O3/c1-16(15(17)18,13-3-4-13)8-6-11-2-5-14-12(10-11)7-9-19-14/h2,5,10,13H,3-4,6-9H2,1H3,(H,17,18). The van der Waals surface area contributed by atoms with Gasteiger partial charge in [0.25, 0.3) is 0 Å². The molecule has 3 heteroatoms. The number of carboxylic acid groups (broad SMARTS) is 1. The number of aliphatic carboxylic acids is 1. The van der Waals surface area contributed by atoms with Gasteiger partial charge in [-0.1, -0.05) is 12.1 Å². The van der Waals surface area contributed by atoms with Crippen LogP contribution >= 0.6 is 0 Å². The van der Waals surface area contributed by atoms with Crippen molar-refractivity contribution in [3.63, 3.8) is 0 Å². The molecule has 3 nitrogen and oxygen atoms in total. The lowest BCUT2D eigenvalue weighted by molar-refractivity contribution is -0.149. The maximum Gasteiger partial charge on any atom is 0.309 e. The first-order chi connectivity index (χ1) is 9.09. The smallest absolute Gasteiger partial charge is 0.309 e. The lowest BCUT2D eigenvalue weighted by Crippen LogP contribution is -2.30. The Hall–Kier alpha value is -1.51. The van der Waals surface area contributed by atoms with Crippen LogP contribution in [0, 0.1) is 11.3 Å². The number of fused-ring (bicyclic) bond motifs is 1. The van der Waals surface area contributed by atoms with Crippen molar-refractivity contribution in [2.24, 2.45) is 11.3 Å². The highest BCUT2D eigenvalue weighted by Crippen LogP contribution is 2.48. The second-order valence-corrected chi connectivity index (χ2v) is 6.04. The molecule has 1 aromatic carbocycles. The fourth-order valence-electron chi connectivity index (χ4n) is 3.01. The van der Waals surface area contributed by atoms with Gasteiger partial charge < -0.3 is 9.84 Å². The Kier molecular flexibility index (Phi) is 3.00. The third-order valence-corrected chi connectivity index (χ3v) is 4.65. The first kappa shape index (κ1) is 12.5. The Bertz CT molecular complexity index is 505. The molecule has 0 amide bonds. The maximum atomic E-state index is 11.5. The molecule has 3 rings (SSSR count). The number of ether oxygens (including phenoxy) is 1. The summed E-state index contributed by atoms with van der Waals surface area (Å²) in [6.07, 6.45) is 4.68. The lowest BCUT2D eigenvalue weighted by atomic mass is 9.79. The molecule has 19 heavy (non-hydrogen) atoms. The van der Waals surface area contributed by atoms with Crippen molar-refractivity contribution in [3.8, 4) is 5.75 Å². The van der Waals surface area contributed by atoms with E-state index < -0.39 is 11.4 Å². The van der Waals surface area contributed by atoms with E-state index >= 15 is 0 Å². The van der Waals surface area contributed by atoms with E-state index in [0.717, 1.165) is 44.5 Å². The van der Waals surface area contributed by atoms with Gasteiger partial charge in [0.15, 0.2) is 0 Å². The van der Waals surface area contributed by atoms with E-state index in [0.29, 0.717) is 5.92 Å². The zero-order valence-corrected chi connectivity index (χ0v) is 11.3. The molecule has 0 spiro atoms. The zero-order chi connectivity index (χ0) is 13.5. The van der Waals surface area contributed by atoms with Crippen molar-refractivity contribution < 1.29 is 14.6 Å². The number of benzene rings is 1. The number of carbonyl (C=O) groups is 1. The van der Waals surface area contributed by atoms with E-state index in [4.69, 9.17) is 4.74 Å². The van der Waals surface area contributed by atoms with Crippen LogP contribution in [0.3, 0.4) is 0 Å². The Morgan fingerprint density at radius 2 is 2.26 bits per heavy atom. The van der Waals surface area contributed by atoms with Gasteiger partial charge in [-0.25, -0.2) is 0 Å². The van der Waals surface area contributed by atoms with E-state index in [2.05, 4.69) is 12.1 Å². The highest BCUT2D eigenvalue weighted by atomic mass is 16.5. The highest BCUT2D eigenvalue weighted by molar-refractivity contribution is 5.75. The van der Waals surface area contributed by atoms with Crippen LogP contribution in [0.1, 0.15) is 37.3 Å². The summed E-state index contributed by atoms with van der Waals surface area (Å²) < 4.78 is 5.49. The first-order valence-electron chi connectivity index (χ1n) is 7.07. The van der Waals surface area contributed by atoms with Gasteiger partial charge in [-0.05, 0) is 55.7 Å². The molecule has 1 atom stereocenters. The number of rotatable bonds is 5. The summed E-state index contributed by atoms with van der Waals surface area (Å²) in [6, 6.07) is 6.27. The molecule has 1 N–H and O–H groups in total. The molecule has 102 valence electrons. The van der Waals surface area contributed by atoms with Crippen LogP contribution in [0.5, 0.6) is 5.75 Å². The van der Waals surface area contributed by atoms with E-state index in [-0.39, 0.29) is 0 Å². The van der Waals surface area contributed by atoms with Crippen molar-refractivity contribution in [1.82, 2.24) is 0 Å². The summed E-state index contributed by atoms with van der Waals surface area (Å²) >= 11 is 0. The molecule has 1 fully saturated rings. The second-order valence-electron chi connectivity index (χ2n) is 6.04. The van der Waals surface area contributed by atoms with E-state index in [1.807, 2.05) is 13.0 Å². The van der Waals surface area contributed by atoms with Crippen LogP contribution in [0.2, 0.25) is 0 Å². The average molecular weight is 260 g/mol. The van der Waals surface area contributed by atoms with Crippen molar-refractivity contribution in [3.05, 3.63) is 29.3 Å². The summed E-state index contributed by atoms with van der Waals surface area (Å²) in [6.45, 7) is 2.68. The van der Waals surface area contributed by atoms with Gasteiger partial charge in [0.1, 0.15) is 5.75 Å². The van der Waals surface area contributed by atoms with Gasteiger partial charge in [0.05, 0.1) is 12.0 Å². The summed E-state index contributed by atoms with van der Waals surface area (Å²) in [5, 5.41) is 9.46. The SMILES string of the molecule is CC(CCc1ccc2c(c1)CCO2)(C(=O)O)C1CC1. The Balaban J connectivity index is 1.70. The predicted octanol–water partition coefficient (Wildman–Crippen LogP) is 3.06. The molecule has 1 aliphatic heterocycles. The van der Waals surface area contributed by atoms with E-state index in [9.17, 15) is 9.90 Å². The summed E-state index contributed by atoms with van der Waals surface area (Å²) in [7, 11) is 0. The number of aryl methyl sites for hydroxylation is 1. The number of carboxylic acids is 1. The van der Waals surface area contributed by atoms with Gasteiger partial charge in [0.2, 0.25) is 0 Å². The largest absolute Gasteiger partial charge is 0.493 e. The van der Waals surface area contributed by atoms with Crippen molar-refractivity contribution in [1.29, 1.82) is 0 Å². The molecule has 1 aromatic rings. The highest BCUT2D eigenvalue weighted by Gasteiger charge is 2.46. The van der Waals surface area contributed by atoms with Crippen LogP contribution in [0.4, 0.5) is 0 Å². The average Bonchev–Trinajstić information content (AvgIpc) is 3.14. The van der Waals surface area contributed by atoms with E-state index in [1.54, 1.807) is 0 Å². The zero-order valence-electron chi connectivity index (χ0n) is 11.3. The lowest BCUT2D eigenvalue weighted by Gasteiger charge is -2.24. The number of hydrogen-bond donors (Lipinski definition) is 1. The minimum atomic E-state index is -0.639. The third-order valence-electron chi connectivity index (χ3n) is 4.65. The summed E-state index contributed by atoms with van der Waals surface area (Å²) in [5.74, 6) is 0.731. The fraction of sp³-hybridized carbons (Fsp3) is 0.562. The Morgan fingerprint density at radius 3 is 2.95 bits per heavy atom. The van der Waals surface area contributed by atoms with Crippen LogP contribution < -0.4 is 4.74 Å². The Morgan fingerprint density at radius 1 is 1.47 bits per heavy atom. The molecule has 0 bridgehead atoms. The first-order valence-corrected chi connectivity index (χ1v) is 7.07. The predicted molar refractivity (Wildman–Crippen MR) is 72.4 cm³/mol. The molecular formula is C16H20O3. The van der Waals surface area contributed by atoms with Crippen molar-refractivity contribution >= 4 is 5.97 Å². The van der Waals surface area contributed by atoms with E-state index in [1.165, 1.54) is 11.1 Å².